The van der Waals surface area contributed by atoms with Gasteiger partial charge in [-0.3, -0.25) is 19.4 Å². The van der Waals surface area contributed by atoms with Gasteiger partial charge in [0, 0.05) is 45.0 Å². The average molecular weight is 423 g/mol. The molecule has 1 unspecified atom stereocenters. The highest BCUT2D eigenvalue weighted by molar-refractivity contribution is 5.97. The van der Waals surface area contributed by atoms with Crippen molar-refractivity contribution in [2.24, 2.45) is 0 Å². The summed E-state index contributed by atoms with van der Waals surface area (Å²) in [5, 5.41) is 5.36. The number of nitrogens with one attached hydrogen (secondary N) is 1. The molecular formula is C25H34N4O2. The number of nitrogens with zero attached hydrogens (tertiary/aromatic N) is 3. The Labute approximate surface area is 185 Å². The number of fused-ring (bicyclic) bond motifs is 1. The number of hydrogen-bond acceptors (Lipinski definition) is 4. The third-order valence-electron chi connectivity index (χ3n) is 6.67. The SMILES string of the molecule is CC(C(=O)Nc1ccc2ccccc2c1)N1CCN(CC(=O)N2CCCCCC2)CC1. The molecule has 6 nitrogen and oxygen atoms in total. The molecule has 2 aromatic rings. The molecule has 0 radical (unpaired) electrons. The number of anilines is 1. The van der Waals surface area contributed by atoms with E-state index in [2.05, 4.69) is 27.2 Å². The summed E-state index contributed by atoms with van der Waals surface area (Å²) in [5.74, 6) is 0.279. The third kappa shape index (κ3) is 5.63. The number of benzene rings is 2. The number of likely N-dealkylation sites (tertiary alicyclic amines) is 1. The van der Waals surface area contributed by atoms with Crippen LogP contribution in [0, 0.1) is 0 Å². The summed E-state index contributed by atoms with van der Waals surface area (Å²) in [6.07, 6.45) is 4.73. The van der Waals surface area contributed by atoms with Crippen LogP contribution in [0.4, 0.5) is 5.69 Å². The quantitative estimate of drug-likeness (QED) is 0.804. The summed E-state index contributed by atoms with van der Waals surface area (Å²) in [4.78, 5) is 32.0. The van der Waals surface area contributed by atoms with Gasteiger partial charge in [-0.2, -0.15) is 0 Å². The van der Waals surface area contributed by atoms with E-state index >= 15 is 0 Å². The van der Waals surface area contributed by atoms with Gasteiger partial charge in [-0.1, -0.05) is 43.2 Å². The molecule has 6 heteroatoms. The van der Waals surface area contributed by atoms with Crippen LogP contribution in [-0.4, -0.2) is 78.4 Å². The first-order chi connectivity index (χ1) is 15.1. The summed E-state index contributed by atoms with van der Waals surface area (Å²) in [7, 11) is 0. The Morgan fingerprint density at radius 2 is 1.55 bits per heavy atom. The maximum Gasteiger partial charge on any atom is 0.241 e. The maximum atomic E-state index is 12.8. The molecular weight excluding hydrogens is 388 g/mol. The Bertz CT molecular complexity index is 899. The number of rotatable bonds is 5. The molecule has 0 aromatic heterocycles. The van der Waals surface area contributed by atoms with Crippen LogP contribution in [0.1, 0.15) is 32.6 Å². The van der Waals surface area contributed by atoms with Crippen molar-refractivity contribution >= 4 is 28.3 Å². The Morgan fingerprint density at radius 1 is 0.871 bits per heavy atom. The minimum Gasteiger partial charge on any atom is -0.342 e. The molecule has 2 heterocycles. The molecule has 31 heavy (non-hydrogen) atoms. The van der Waals surface area contributed by atoms with Crippen LogP contribution in [0.2, 0.25) is 0 Å². The van der Waals surface area contributed by atoms with E-state index in [0.29, 0.717) is 6.54 Å². The van der Waals surface area contributed by atoms with Crippen molar-refractivity contribution in [1.29, 1.82) is 0 Å². The number of carbonyl (C=O) groups excluding carboxylic acids is 2. The molecule has 0 aliphatic carbocycles. The highest BCUT2D eigenvalue weighted by Gasteiger charge is 2.27. The van der Waals surface area contributed by atoms with Crippen LogP contribution >= 0.6 is 0 Å². The highest BCUT2D eigenvalue weighted by atomic mass is 16.2. The zero-order valence-electron chi connectivity index (χ0n) is 18.6. The molecule has 2 aromatic carbocycles. The first kappa shape index (κ1) is 21.8. The van der Waals surface area contributed by atoms with Gasteiger partial charge >= 0.3 is 0 Å². The van der Waals surface area contributed by atoms with Gasteiger partial charge in [0.25, 0.3) is 0 Å². The fourth-order valence-corrected chi connectivity index (χ4v) is 4.60. The fourth-order valence-electron chi connectivity index (χ4n) is 4.60. The molecule has 1 atom stereocenters. The highest BCUT2D eigenvalue weighted by Crippen LogP contribution is 2.19. The smallest absolute Gasteiger partial charge is 0.241 e. The predicted molar refractivity (Wildman–Crippen MR) is 125 cm³/mol. The van der Waals surface area contributed by atoms with E-state index in [0.717, 1.165) is 63.2 Å². The van der Waals surface area contributed by atoms with Crippen molar-refractivity contribution in [1.82, 2.24) is 14.7 Å². The molecule has 2 amide bonds. The second-order valence-electron chi connectivity index (χ2n) is 8.83. The largest absolute Gasteiger partial charge is 0.342 e. The van der Waals surface area contributed by atoms with E-state index in [9.17, 15) is 9.59 Å². The van der Waals surface area contributed by atoms with Crippen molar-refractivity contribution in [2.45, 2.75) is 38.6 Å². The lowest BCUT2D eigenvalue weighted by Gasteiger charge is -2.37. The first-order valence-corrected chi connectivity index (χ1v) is 11.6. The van der Waals surface area contributed by atoms with Crippen LogP contribution in [0.3, 0.4) is 0 Å². The molecule has 2 saturated heterocycles. The average Bonchev–Trinajstić information content (AvgIpc) is 3.09. The molecule has 1 N–H and O–H groups in total. The maximum absolute atomic E-state index is 12.8. The summed E-state index contributed by atoms with van der Waals surface area (Å²) >= 11 is 0. The Balaban J connectivity index is 1.25. The van der Waals surface area contributed by atoms with Crippen LogP contribution in [0.5, 0.6) is 0 Å². The standard InChI is InChI=1S/C25H34N4O2/c1-20(25(31)26-23-11-10-21-8-4-5-9-22(21)18-23)28-16-14-27(15-17-28)19-24(30)29-12-6-2-3-7-13-29/h4-5,8-11,18,20H,2-3,6-7,12-17,19H2,1H3,(H,26,31). The normalized spacial score (nSPS) is 19.7. The fraction of sp³-hybridized carbons (Fsp3) is 0.520. The van der Waals surface area contributed by atoms with Crippen LogP contribution in [0.15, 0.2) is 42.5 Å². The first-order valence-electron chi connectivity index (χ1n) is 11.6. The van der Waals surface area contributed by atoms with Gasteiger partial charge in [0.15, 0.2) is 0 Å². The van der Waals surface area contributed by atoms with Gasteiger partial charge in [0.05, 0.1) is 12.6 Å². The van der Waals surface area contributed by atoms with Crippen LogP contribution in [-0.2, 0) is 9.59 Å². The van der Waals surface area contributed by atoms with Gasteiger partial charge in [-0.05, 0) is 42.7 Å². The molecule has 0 bridgehead atoms. The lowest BCUT2D eigenvalue weighted by molar-refractivity contribution is -0.133. The van der Waals surface area contributed by atoms with Gasteiger partial charge in [-0.25, -0.2) is 0 Å². The Morgan fingerprint density at radius 3 is 2.26 bits per heavy atom. The minimum atomic E-state index is -0.199. The lowest BCUT2D eigenvalue weighted by Crippen LogP contribution is -2.54. The molecule has 4 rings (SSSR count). The molecule has 0 spiro atoms. The second-order valence-corrected chi connectivity index (χ2v) is 8.83. The number of carbonyl (C=O) groups is 2. The van der Waals surface area contributed by atoms with Crippen molar-refractivity contribution < 1.29 is 9.59 Å². The van der Waals surface area contributed by atoms with Gasteiger partial charge in [-0.15, -0.1) is 0 Å². The molecule has 2 aliphatic heterocycles. The monoisotopic (exact) mass is 422 g/mol. The Hall–Kier alpha value is -2.44. The van der Waals surface area contributed by atoms with E-state index in [-0.39, 0.29) is 17.9 Å². The van der Waals surface area contributed by atoms with Crippen molar-refractivity contribution in [3.63, 3.8) is 0 Å². The van der Waals surface area contributed by atoms with Gasteiger partial charge < -0.3 is 10.2 Å². The van der Waals surface area contributed by atoms with Crippen LogP contribution < -0.4 is 5.32 Å². The minimum absolute atomic E-state index is 0.0179. The molecule has 166 valence electrons. The molecule has 0 saturated carbocycles. The van der Waals surface area contributed by atoms with E-state index in [1.807, 2.05) is 42.2 Å². The van der Waals surface area contributed by atoms with Gasteiger partial charge in [0.1, 0.15) is 0 Å². The Kier molecular flexibility index (Phi) is 7.20. The summed E-state index contributed by atoms with van der Waals surface area (Å²) in [6, 6.07) is 14.0. The zero-order chi connectivity index (χ0) is 21.6. The van der Waals surface area contributed by atoms with Crippen LogP contribution in [0.25, 0.3) is 10.8 Å². The molecule has 2 fully saturated rings. The number of piperazine rings is 1. The van der Waals surface area contributed by atoms with E-state index in [4.69, 9.17) is 0 Å². The summed E-state index contributed by atoms with van der Waals surface area (Å²) in [6.45, 7) is 7.55. The predicted octanol–water partition coefficient (Wildman–Crippen LogP) is 3.19. The van der Waals surface area contributed by atoms with E-state index in [1.165, 1.54) is 18.2 Å². The zero-order valence-corrected chi connectivity index (χ0v) is 18.6. The topological polar surface area (TPSA) is 55.9 Å². The second kappa shape index (κ2) is 10.2. The molecule has 2 aliphatic rings. The third-order valence-corrected chi connectivity index (χ3v) is 6.67. The van der Waals surface area contributed by atoms with E-state index in [1.54, 1.807) is 0 Å². The van der Waals surface area contributed by atoms with Gasteiger partial charge in [0.2, 0.25) is 11.8 Å². The van der Waals surface area contributed by atoms with E-state index < -0.39 is 0 Å². The number of amides is 2. The lowest BCUT2D eigenvalue weighted by atomic mass is 10.1. The summed E-state index contributed by atoms with van der Waals surface area (Å²) < 4.78 is 0. The van der Waals surface area contributed by atoms with Crippen molar-refractivity contribution in [2.75, 3.05) is 51.1 Å². The number of hydrogen-bond donors (Lipinski definition) is 1. The van der Waals surface area contributed by atoms with Crippen molar-refractivity contribution in [3.05, 3.63) is 42.5 Å². The van der Waals surface area contributed by atoms with Crippen molar-refractivity contribution in [3.8, 4) is 0 Å². The summed E-state index contributed by atoms with van der Waals surface area (Å²) in [5.41, 5.74) is 0.831.